The second kappa shape index (κ2) is 3.42. The lowest BCUT2D eigenvalue weighted by atomic mass is 10.2. The molecule has 0 aliphatic heterocycles. The van der Waals surface area contributed by atoms with E-state index in [2.05, 4.69) is 6.92 Å². The molecule has 1 N–H and O–H groups in total. The van der Waals surface area contributed by atoms with Crippen molar-refractivity contribution in [3.8, 4) is 0 Å². The van der Waals surface area contributed by atoms with E-state index in [9.17, 15) is 0 Å². The van der Waals surface area contributed by atoms with E-state index in [0.29, 0.717) is 0 Å². The van der Waals surface area contributed by atoms with Gasteiger partial charge in [-0.2, -0.15) is 0 Å². The lowest BCUT2D eigenvalue weighted by Crippen LogP contribution is -2.09. The van der Waals surface area contributed by atoms with Gasteiger partial charge in [-0.1, -0.05) is 6.92 Å². The average molecular weight is 139 g/mol. The summed E-state index contributed by atoms with van der Waals surface area (Å²) in [7, 11) is 0. The third-order valence-corrected chi connectivity index (χ3v) is 1.73. The zero-order chi connectivity index (χ0) is 7.40. The van der Waals surface area contributed by atoms with Crippen LogP contribution in [0.15, 0.2) is 24.5 Å². The summed E-state index contributed by atoms with van der Waals surface area (Å²) in [6.07, 6.45) is 4.93. The Labute approximate surface area is 61.1 Å². The Kier molecular flexibility index (Phi) is 2.51. The molecule has 1 heterocycles. The number of hydrogen-bond donors (Lipinski definition) is 1. The maximum Gasteiger partial charge on any atom is 0.0638 e. The molecule has 56 valence electrons. The van der Waals surface area contributed by atoms with Crippen LogP contribution < -0.4 is 0 Å². The van der Waals surface area contributed by atoms with Gasteiger partial charge in [-0.3, -0.25) is 0 Å². The van der Waals surface area contributed by atoms with Crippen molar-refractivity contribution in [2.24, 2.45) is 0 Å². The molecule has 0 aromatic carbocycles. The number of aliphatic hydroxyl groups excluding tert-OH is 1. The van der Waals surface area contributed by atoms with Crippen LogP contribution in [0, 0.1) is 0 Å². The van der Waals surface area contributed by atoms with Gasteiger partial charge in [-0.25, -0.2) is 0 Å². The van der Waals surface area contributed by atoms with Gasteiger partial charge in [0, 0.05) is 12.4 Å². The maximum atomic E-state index is 8.88. The molecule has 1 aromatic heterocycles. The predicted molar refractivity (Wildman–Crippen MR) is 40.8 cm³/mol. The van der Waals surface area contributed by atoms with Crippen LogP contribution in [0.2, 0.25) is 0 Å². The molecule has 2 nitrogen and oxygen atoms in total. The van der Waals surface area contributed by atoms with Crippen molar-refractivity contribution in [3.63, 3.8) is 0 Å². The summed E-state index contributed by atoms with van der Waals surface area (Å²) >= 11 is 0. The van der Waals surface area contributed by atoms with E-state index in [4.69, 9.17) is 5.11 Å². The van der Waals surface area contributed by atoms with Crippen LogP contribution in [0.25, 0.3) is 0 Å². The summed E-state index contributed by atoms with van der Waals surface area (Å²) in [4.78, 5) is 0. The Morgan fingerprint density at radius 2 is 2.00 bits per heavy atom. The number of rotatable bonds is 3. The fraction of sp³-hybridized carbons (Fsp3) is 0.500. The summed E-state index contributed by atoms with van der Waals surface area (Å²) in [6, 6.07) is 4.20. The van der Waals surface area contributed by atoms with Crippen LogP contribution in [0.3, 0.4) is 0 Å². The molecule has 0 radical (unpaired) electrons. The minimum atomic E-state index is 0.227. The summed E-state index contributed by atoms with van der Waals surface area (Å²) in [5.74, 6) is 0. The molecule has 0 bridgehead atoms. The molecule has 0 saturated heterocycles. The van der Waals surface area contributed by atoms with Crippen LogP contribution in [-0.2, 0) is 0 Å². The molecule has 0 amide bonds. The van der Waals surface area contributed by atoms with Gasteiger partial charge in [0.15, 0.2) is 0 Å². The van der Waals surface area contributed by atoms with Crippen molar-refractivity contribution in [1.82, 2.24) is 4.57 Å². The van der Waals surface area contributed by atoms with Crippen LogP contribution in [0.1, 0.15) is 19.4 Å². The van der Waals surface area contributed by atoms with Crippen molar-refractivity contribution in [2.45, 2.75) is 19.4 Å². The van der Waals surface area contributed by atoms with Crippen LogP contribution >= 0.6 is 0 Å². The van der Waals surface area contributed by atoms with E-state index >= 15 is 0 Å². The Hall–Kier alpha value is -0.760. The van der Waals surface area contributed by atoms with Crippen molar-refractivity contribution >= 4 is 0 Å². The average Bonchev–Trinajstić information content (AvgIpc) is 2.43. The second-order valence-corrected chi connectivity index (χ2v) is 2.37. The number of nitrogens with zero attached hydrogens (tertiary/aromatic N) is 1. The Bertz CT molecular complexity index is 165. The van der Waals surface area contributed by atoms with Gasteiger partial charge in [-0.05, 0) is 18.6 Å². The van der Waals surface area contributed by atoms with Gasteiger partial charge < -0.3 is 9.67 Å². The predicted octanol–water partition coefficient (Wildman–Crippen LogP) is 1.43. The van der Waals surface area contributed by atoms with Crippen LogP contribution in [-0.4, -0.2) is 16.3 Å². The minimum Gasteiger partial charge on any atom is -0.394 e. The third kappa shape index (κ3) is 1.39. The molecule has 0 spiro atoms. The first-order chi connectivity index (χ1) is 4.88. The van der Waals surface area contributed by atoms with Gasteiger partial charge in [0.1, 0.15) is 0 Å². The molecule has 1 aromatic rings. The van der Waals surface area contributed by atoms with E-state index in [1.165, 1.54) is 0 Å². The van der Waals surface area contributed by atoms with Gasteiger partial charge in [0.2, 0.25) is 0 Å². The molecule has 2 heteroatoms. The quantitative estimate of drug-likeness (QED) is 0.673. The summed E-state index contributed by atoms with van der Waals surface area (Å²) in [5.41, 5.74) is 0. The Morgan fingerprint density at radius 1 is 1.40 bits per heavy atom. The molecule has 1 atom stereocenters. The largest absolute Gasteiger partial charge is 0.394 e. The highest BCUT2D eigenvalue weighted by Crippen LogP contribution is 2.08. The molecule has 0 aliphatic carbocycles. The normalized spacial score (nSPS) is 13.4. The molecule has 1 rings (SSSR count). The lowest BCUT2D eigenvalue weighted by molar-refractivity contribution is 0.225. The SMILES string of the molecule is CC[C@H](CO)n1cccc1. The summed E-state index contributed by atoms with van der Waals surface area (Å²) in [5, 5.41) is 8.88. The summed E-state index contributed by atoms with van der Waals surface area (Å²) in [6.45, 7) is 2.30. The van der Waals surface area contributed by atoms with Crippen LogP contribution in [0.4, 0.5) is 0 Å². The zero-order valence-corrected chi connectivity index (χ0v) is 6.20. The first kappa shape index (κ1) is 7.35. The minimum absolute atomic E-state index is 0.227. The maximum absolute atomic E-state index is 8.88. The monoisotopic (exact) mass is 139 g/mol. The van der Waals surface area contributed by atoms with Gasteiger partial charge in [0.25, 0.3) is 0 Å². The fourth-order valence-corrected chi connectivity index (χ4v) is 1.03. The molecule has 0 unspecified atom stereocenters. The van der Waals surface area contributed by atoms with Crippen molar-refractivity contribution in [2.75, 3.05) is 6.61 Å². The van der Waals surface area contributed by atoms with Crippen LogP contribution in [0.5, 0.6) is 0 Å². The fourth-order valence-electron chi connectivity index (χ4n) is 1.03. The first-order valence-electron chi connectivity index (χ1n) is 3.61. The highest BCUT2D eigenvalue weighted by molar-refractivity contribution is 4.92. The lowest BCUT2D eigenvalue weighted by Gasteiger charge is -2.12. The molecular formula is C8H13NO. The molecular weight excluding hydrogens is 126 g/mol. The Balaban J connectivity index is 2.64. The highest BCUT2D eigenvalue weighted by atomic mass is 16.3. The third-order valence-electron chi connectivity index (χ3n) is 1.73. The van der Waals surface area contributed by atoms with E-state index in [-0.39, 0.29) is 12.6 Å². The van der Waals surface area contributed by atoms with E-state index < -0.39 is 0 Å². The smallest absolute Gasteiger partial charge is 0.0638 e. The second-order valence-electron chi connectivity index (χ2n) is 2.37. The molecule has 0 aliphatic rings. The first-order valence-corrected chi connectivity index (χ1v) is 3.61. The number of aromatic nitrogens is 1. The molecule has 10 heavy (non-hydrogen) atoms. The van der Waals surface area contributed by atoms with E-state index in [1.54, 1.807) is 0 Å². The number of hydrogen-bond acceptors (Lipinski definition) is 1. The van der Waals surface area contributed by atoms with Gasteiger partial charge in [-0.15, -0.1) is 0 Å². The summed E-state index contributed by atoms with van der Waals surface area (Å²) < 4.78 is 2.03. The number of aliphatic hydroxyl groups is 1. The van der Waals surface area contributed by atoms with Gasteiger partial charge in [0.05, 0.1) is 12.6 Å². The van der Waals surface area contributed by atoms with Gasteiger partial charge >= 0.3 is 0 Å². The Morgan fingerprint density at radius 3 is 2.40 bits per heavy atom. The molecule has 0 saturated carbocycles. The molecule has 0 fully saturated rings. The topological polar surface area (TPSA) is 25.2 Å². The van der Waals surface area contributed by atoms with Crippen molar-refractivity contribution in [3.05, 3.63) is 24.5 Å². The van der Waals surface area contributed by atoms with E-state index in [1.807, 2.05) is 29.1 Å². The highest BCUT2D eigenvalue weighted by Gasteiger charge is 2.03. The van der Waals surface area contributed by atoms with Crippen molar-refractivity contribution in [1.29, 1.82) is 0 Å². The van der Waals surface area contributed by atoms with E-state index in [0.717, 1.165) is 6.42 Å². The zero-order valence-electron chi connectivity index (χ0n) is 6.20. The van der Waals surface area contributed by atoms with Crippen molar-refractivity contribution < 1.29 is 5.11 Å². The standard InChI is InChI=1S/C8H13NO/c1-2-8(7-10)9-5-3-4-6-9/h3-6,8,10H,2,7H2,1H3/t8-/m1/s1.